The van der Waals surface area contributed by atoms with Crippen LogP contribution in [-0.4, -0.2) is 0 Å². The molecule has 1 aromatic rings. The summed E-state index contributed by atoms with van der Waals surface area (Å²) in [7, 11) is 0. The third-order valence-corrected chi connectivity index (χ3v) is 1.23. The molecular formula is C7H10N2O. The van der Waals surface area contributed by atoms with Gasteiger partial charge in [-0.05, 0) is 6.07 Å². The topological polar surface area (TPSA) is 65.2 Å². The summed E-state index contributed by atoms with van der Waals surface area (Å²) in [5.41, 5.74) is 10.9. The fourth-order valence-electron chi connectivity index (χ4n) is 0.664. The Kier molecular flexibility index (Phi) is 1.78. The fraction of sp³-hybridized carbons (Fsp3) is 0.143. The molecule has 0 fully saturated rings. The zero-order chi connectivity index (χ0) is 7.56. The van der Waals surface area contributed by atoms with Crippen LogP contribution in [0, 0.1) is 0 Å². The highest BCUT2D eigenvalue weighted by Gasteiger charge is 2.04. The van der Waals surface area contributed by atoms with E-state index in [-0.39, 0.29) is 6.04 Å². The summed E-state index contributed by atoms with van der Waals surface area (Å²) < 4.78 is 5.02. The summed E-state index contributed by atoms with van der Waals surface area (Å²) in [6, 6.07) is 3.15. The van der Waals surface area contributed by atoms with Gasteiger partial charge in [-0.1, -0.05) is 6.08 Å². The van der Waals surface area contributed by atoms with E-state index in [2.05, 4.69) is 6.58 Å². The van der Waals surface area contributed by atoms with Crippen LogP contribution in [0.2, 0.25) is 0 Å². The van der Waals surface area contributed by atoms with Gasteiger partial charge in [0.25, 0.3) is 0 Å². The second-order valence-electron chi connectivity index (χ2n) is 2.00. The molecule has 3 heteroatoms. The highest BCUT2D eigenvalue weighted by atomic mass is 16.4. The number of furan rings is 1. The molecular weight excluding hydrogens is 128 g/mol. The van der Waals surface area contributed by atoms with Crippen molar-refractivity contribution in [2.75, 3.05) is 5.73 Å². The van der Waals surface area contributed by atoms with Crippen LogP contribution in [-0.2, 0) is 0 Å². The lowest BCUT2D eigenvalue weighted by molar-refractivity contribution is 0.510. The largest absolute Gasteiger partial charge is 0.444 e. The first-order valence-electron chi connectivity index (χ1n) is 2.97. The molecule has 0 spiro atoms. The van der Waals surface area contributed by atoms with E-state index in [1.165, 1.54) is 0 Å². The van der Waals surface area contributed by atoms with Crippen molar-refractivity contribution in [3.05, 3.63) is 30.5 Å². The van der Waals surface area contributed by atoms with Crippen LogP contribution in [0.5, 0.6) is 0 Å². The molecule has 0 aliphatic carbocycles. The summed E-state index contributed by atoms with van der Waals surface area (Å²) in [6.07, 6.45) is 1.60. The molecule has 0 saturated carbocycles. The van der Waals surface area contributed by atoms with E-state index in [4.69, 9.17) is 15.9 Å². The summed E-state index contributed by atoms with van der Waals surface area (Å²) in [6.45, 7) is 3.52. The Morgan fingerprint density at radius 2 is 2.30 bits per heavy atom. The molecule has 0 aromatic carbocycles. The molecule has 0 aliphatic heterocycles. The van der Waals surface area contributed by atoms with E-state index in [1.54, 1.807) is 18.2 Å². The van der Waals surface area contributed by atoms with Gasteiger partial charge in [0.2, 0.25) is 0 Å². The van der Waals surface area contributed by atoms with Gasteiger partial charge in [0.1, 0.15) is 5.76 Å². The summed E-state index contributed by atoms with van der Waals surface area (Å²) >= 11 is 0. The minimum atomic E-state index is -0.253. The number of hydrogen-bond donors (Lipinski definition) is 2. The molecule has 1 atom stereocenters. The van der Waals surface area contributed by atoms with Crippen molar-refractivity contribution >= 4 is 5.88 Å². The van der Waals surface area contributed by atoms with E-state index >= 15 is 0 Å². The van der Waals surface area contributed by atoms with Crippen LogP contribution in [0.15, 0.2) is 29.2 Å². The second kappa shape index (κ2) is 2.58. The van der Waals surface area contributed by atoms with Crippen LogP contribution in [0.25, 0.3) is 0 Å². The molecule has 3 nitrogen and oxygen atoms in total. The van der Waals surface area contributed by atoms with Gasteiger partial charge in [-0.2, -0.15) is 0 Å². The molecule has 0 bridgehead atoms. The van der Waals surface area contributed by atoms with Gasteiger partial charge in [-0.25, -0.2) is 0 Å². The molecule has 0 unspecified atom stereocenters. The van der Waals surface area contributed by atoms with Gasteiger partial charge in [-0.3, -0.25) is 0 Å². The van der Waals surface area contributed by atoms with Gasteiger partial charge >= 0.3 is 0 Å². The van der Waals surface area contributed by atoms with Gasteiger partial charge in [0.05, 0.1) is 6.04 Å². The molecule has 4 N–H and O–H groups in total. The molecule has 10 heavy (non-hydrogen) atoms. The number of nitrogens with two attached hydrogens (primary N) is 2. The first-order chi connectivity index (χ1) is 4.74. The van der Waals surface area contributed by atoms with Crippen molar-refractivity contribution in [1.82, 2.24) is 0 Å². The van der Waals surface area contributed by atoms with E-state index in [1.807, 2.05) is 0 Å². The molecule has 0 saturated heterocycles. The Morgan fingerprint density at radius 3 is 2.70 bits per heavy atom. The fourth-order valence-corrected chi connectivity index (χ4v) is 0.664. The van der Waals surface area contributed by atoms with Gasteiger partial charge in [0, 0.05) is 6.07 Å². The van der Waals surface area contributed by atoms with Crippen LogP contribution >= 0.6 is 0 Å². The van der Waals surface area contributed by atoms with Crippen molar-refractivity contribution < 1.29 is 4.42 Å². The van der Waals surface area contributed by atoms with Crippen molar-refractivity contribution in [2.45, 2.75) is 6.04 Å². The highest BCUT2D eigenvalue weighted by Crippen LogP contribution is 2.15. The second-order valence-corrected chi connectivity index (χ2v) is 2.00. The smallest absolute Gasteiger partial charge is 0.190 e. The van der Waals surface area contributed by atoms with Gasteiger partial charge < -0.3 is 15.9 Å². The third-order valence-electron chi connectivity index (χ3n) is 1.23. The minimum absolute atomic E-state index is 0.253. The highest BCUT2D eigenvalue weighted by molar-refractivity contribution is 5.27. The van der Waals surface area contributed by atoms with Crippen LogP contribution in [0.4, 0.5) is 5.88 Å². The normalized spacial score (nSPS) is 12.9. The van der Waals surface area contributed by atoms with E-state index in [0.717, 1.165) is 0 Å². The van der Waals surface area contributed by atoms with Crippen LogP contribution in [0.1, 0.15) is 11.8 Å². The average molecular weight is 138 g/mol. The molecule has 0 amide bonds. The maximum absolute atomic E-state index is 5.54. The molecule has 1 rings (SSSR count). The Hall–Kier alpha value is -1.22. The van der Waals surface area contributed by atoms with Crippen LogP contribution < -0.4 is 11.5 Å². The Morgan fingerprint density at radius 1 is 1.60 bits per heavy atom. The molecule has 1 aromatic heterocycles. The van der Waals surface area contributed by atoms with E-state index in [0.29, 0.717) is 11.6 Å². The Bertz CT molecular complexity index is 229. The number of nitrogen functional groups attached to an aromatic ring is 1. The third kappa shape index (κ3) is 1.19. The molecule has 0 radical (unpaired) electrons. The lowest BCUT2D eigenvalue weighted by Crippen LogP contribution is -2.04. The monoisotopic (exact) mass is 138 g/mol. The maximum atomic E-state index is 5.54. The first kappa shape index (κ1) is 6.89. The van der Waals surface area contributed by atoms with Crippen LogP contribution in [0.3, 0.4) is 0 Å². The van der Waals surface area contributed by atoms with E-state index in [9.17, 15) is 0 Å². The zero-order valence-electron chi connectivity index (χ0n) is 5.58. The summed E-state index contributed by atoms with van der Waals surface area (Å²) in [5.74, 6) is 1.03. The Labute approximate surface area is 59.3 Å². The average Bonchev–Trinajstić information content (AvgIpc) is 2.34. The summed E-state index contributed by atoms with van der Waals surface area (Å²) in [4.78, 5) is 0. The van der Waals surface area contributed by atoms with Crippen molar-refractivity contribution in [1.29, 1.82) is 0 Å². The number of anilines is 1. The number of hydrogen-bond acceptors (Lipinski definition) is 3. The molecule has 0 aliphatic rings. The lowest BCUT2D eigenvalue weighted by atomic mass is 10.2. The van der Waals surface area contributed by atoms with Crippen molar-refractivity contribution in [3.8, 4) is 0 Å². The predicted molar refractivity (Wildman–Crippen MR) is 40.2 cm³/mol. The Balaban J connectivity index is 2.84. The minimum Gasteiger partial charge on any atom is -0.444 e. The standard InChI is InChI=1S/C7H10N2O/c1-2-5(8)6-3-4-7(9)10-6/h2-5H,1,8-9H2/t5-/m1/s1. The van der Waals surface area contributed by atoms with Gasteiger partial charge in [-0.15, -0.1) is 6.58 Å². The van der Waals surface area contributed by atoms with Crippen molar-refractivity contribution in [2.24, 2.45) is 5.73 Å². The quantitative estimate of drug-likeness (QED) is 0.600. The molecule has 54 valence electrons. The summed E-state index contributed by atoms with van der Waals surface area (Å²) in [5, 5.41) is 0. The zero-order valence-corrected chi connectivity index (χ0v) is 5.58. The van der Waals surface area contributed by atoms with E-state index < -0.39 is 0 Å². The maximum Gasteiger partial charge on any atom is 0.190 e. The van der Waals surface area contributed by atoms with Crippen molar-refractivity contribution in [3.63, 3.8) is 0 Å². The lowest BCUT2D eigenvalue weighted by Gasteiger charge is -1.98. The predicted octanol–water partition coefficient (Wildman–Crippen LogP) is 1.05. The number of rotatable bonds is 2. The van der Waals surface area contributed by atoms with Gasteiger partial charge in [0.15, 0.2) is 5.88 Å². The molecule has 1 heterocycles. The first-order valence-corrected chi connectivity index (χ1v) is 2.97. The SMILES string of the molecule is C=C[C@@H](N)c1ccc(N)o1.